The van der Waals surface area contributed by atoms with Gasteiger partial charge in [0.05, 0.1) is 5.56 Å². The van der Waals surface area contributed by atoms with Gasteiger partial charge < -0.3 is 9.47 Å². The number of hydrogen-bond acceptors (Lipinski definition) is 1. The summed E-state index contributed by atoms with van der Waals surface area (Å²) in [6, 6.07) is 10.9. The van der Waals surface area contributed by atoms with Crippen molar-refractivity contribution >= 4 is 11.6 Å². The number of nitrogens with zero attached hydrogens (tertiary/aromatic N) is 2. The highest BCUT2D eigenvalue weighted by Crippen LogP contribution is 2.39. The number of amides is 1. The van der Waals surface area contributed by atoms with E-state index in [1.807, 2.05) is 17.0 Å². The predicted molar refractivity (Wildman–Crippen MR) is 84.0 cm³/mol. The summed E-state index contributed by atoms with van der Waals surface area (Å²) in [5.74, 6) is 0.153. The molecule has 3 nitrogen and oxygen atoms in total. The minimum atomic E-state index is 0.153. The molecule has 0 N–H and O–H groups in total. The minimum Gasteiger partial charge on any atom is -0.345 e. The maximum atomic E-state index is 13.0. The summed E-state index contributed by atoms with van der Waals surface area (Å²) in [7, 11) is 0. The number of fused-ring (bicyclic) bond motifs is 1. The van der Waals surface area contributed by atoms with Gasteiger partial charge in [0.15, 0.2) is 0 Å². The summed E-state index contributed by atoms with van der Waals surface area (Å²) < 4.78 is 2.34. The second-order valence-corrected chi connectivity index (χ2v) is 6.22. The number of hydrogen-bond donors (Lipinski definition) is 0. The molecule has 1 aromatic carbocycles. The highest BCUT2D eigenvalue weighted by molar-refractivity contribution is 6.08. The van der Waals surface area contributed by atoms with Crippen molar-refractivity contribution in [1.82, 2.24) is 4.57 Å². The van der Waals surface area contributed by atoms with E-state index in [2.05, 4.69) is 36.6 Å². The van der Waals surface area contributed by atoms with E-state index in [0.717, 1.165) is 29.9 Å². The molecule has 0 bridgehead atoms. The Morgan fingerprint density at radius 3 is 2.71 bits per heavy atom. The Bertz CT molecular complexity index is 725. The van der Waals surface area contributed by atoms with Gasteiger partial charge in [-0.05, 0) is 50.8 Å². The van der Waals surface area contributed by atoms with Gasteiger partial charge in [0.2, 0.25) is 0 Å². The Morgan fingerprint density at radius 1 is 1.19 bits per heavy atom. The molecule has 4 rings (SSSR count). The topological polar surface area (TPSA) is 25.2 Å². The van der Waals surface area contributed by atoms with Crippen LogP contribution in [0.2, 0.25) is 0 Å². The van der Waals surface area contributed by atoms with Gasteiger partial charge in [0.1, 0.15) is 0 Å². The number of carbonyl (C=O) groups excluding carboxylic acids is 1. The molecule has 1 amide bonds. The summed E-state index contributed by atoms with van der Waals surface area (Å²) in [6.07, 6.45) is 3.45. The Labute approximate surface area is 125 Å². The molecule has 2 aliphatic rings. The molecule has 2 aromatic rings. The molecule has 0 radical (unpaired) electrons. The van der Waals surface area contributed by atoms with Crippen molar-refractivity contribution in [2.75, 3.05) is 11.4 Å². The molecule has 0 saturated heterocycles. The van der Waals surface area contributed by atoms with Crippen molar-refractivity contribution in [3.63, 3.8) is 0 Å². The SMILES string of the molecule is Cc1cc(C(=O)N2CCc3ccccc32)c(C)n1C1CC1. The van der Waals surface area contributed by atoms with E-state index in [9.17, 15) is 4.79 Å². The number of anilines is 1. The molecule has 2 heterocycles. The average molecular weight is 280 g/mol. The van der Waals surface area contributed by atoms with Crippen LogP contribution in [0.1, 0.15) is 46.2 Å². The zero-order chi connectivity index (χ0) is 14.6. The predicted octanol–water partition coefficient (Wildman–Crippen LogP) is 3.64. The first-order chi connectivity index (χ1) is 10.2. The molecule has 0 spiro atoms. The lowest BCUT2D eigenvalue weighted by atomic mass is 10.1. The monoisotopic (exact) mass is 280 g/mol. The normalized spacial score (nSPS) is 17.1. The van der Waals surface area contributed by atoms with Crippen molar-refractivity contribution in [3.8, 4) is 0 Å². The summed E-state index contributed by atoms with van der Waals surface area (Å²) in [5.41, 5.74) is 5.58. The molecule has 1 aromatic heterocycles. The van der Waals surface area contributed by atoms with Gasteiger partial charge in [-0.3, -0.25) is 4.79 Å². The third-order valence-electron chi connectivity index (χ3n) is 4.76. The van der Waals surface area contributed by atoms with Gasteiger partial charge in [0.25, 0.3) is 5.91 Å². The molecule has 0 atom stereocenters. The summed E-state index contributed by atoms with van der Waals surface area (Å²) in [6.45, 7) is 4.99. The highest BCUT2D eigenvalue weighted by atomic mass is 16.2. The van der Waals surface area contributed by atoms with Crippen molar-refractivity contribution in [3.05, 3.63) is 52.8 Å². The van der Waals surface area contributed by atoms with Gasteiger partial charge in [-0.15, -0.1) is 0 Å². The number of aromatic nitrogens is 1. The minimum absolute atomic E-state index is 0.153. The van der Waals surface area contributed by atoms with Crippen LogP contribution in [0.4, 0.5) is 5.69 Å². The molecule has 1 saturated carbocycles. The molecule has 0 unspecified atom stereocenters. The first-order valence-corrected chi connectivity index (χ1v) is 7.75. The Kier molecular flexibility index (Phi) is 2.71. The third-order valence-corrected chi connectivity index (χ3v) is 4.76. The van der Waals surface area contributed by atoms with Crippen molar-refractivity contribution in [1.29, 1.82) is 0 Å². The van der Waals surface area contributed by atoms with Gasteiger partial charge in [-0.1, -0.05) is 18.2 Å². The van der Waals surface area contributed by atoms with Crippen molar-refractivity contribution in [2.24, 2.45) is 0 Å². The molecular weight excluding hydrogens is 260 g/mol. The Morgan fingerprint density at radius 2 is 1.95 bits per heavy atom. The molecule has 1 aliphatic heterocycles. The maximum Gasteiger partial charge on any atom is 0.260 e. The van der Waals surface area contributed by atoms with Crippen LogP contribution in [0.15, 0.2) is 30.3 Å². The Balaban J connectivity index is 1.72. The van der Waals surface area contributed by atoms with Crippen molar-refractivity contribution < 1.29 is 4.79 Å². The standard InChI is InChI=1S/C18H20N2O/c1-12-11-16(13(2)20(12)15-7-8-15)18(21)19-10-9-14-5-3-4-6-17(14)19/h3-6,11,15H,7-10H2,1-2H3. The first-order valence-electron chi connectivity index (χ1n) is 7.75. The molecule has 3 heteroatoms. The van der Waals surface area contributed by atoms with Crippen LogP contribution in [-0.4, -0.2) is 17.0 Å². The van der Waals surface area contributed by atoms with Crippen LogP contribution in [0.25, 0.3) is 0 Å². The summed E-state index contributed by atoms with van der Waals surface area (Å²) in [5, 5.41) is 0. The summed E-state index contributed by atoms with van der Waals surface area (Å²) in [4.78, 5) is 14.9. The van der Waals surface area contributed by atoms with Gasteiger partial charge in [-0.25, -0.2) is 0 Å². The fourth-order valence-electron chi connectivity index (χ4n) is 3.58. The number of carbonyl (C=O) groups is 1. The Hall–Kier alpha value is -2.03. The lowest BCUT2D eigenvalue weighted by molar-refractivity contribution is 0.0988. The number of para-hydroxylation sites is 1. The zero-order valence-corrected chi connectivity index (χ0v) is 12.6. The molecule has 1 fully saturated rings. The fourth-order valence-corrected chi connectivity index (χ4v) is 3.58. The molecule has 21 heavy (non-hydrogen) atoms. The van der Waals surface area contributed by atoms with E-state index in [1.54, 1.807) is 0 Å². The first kappa shape index (κ1) is 12.7. The molecule has 108 valence electrons. The maximum absolute atomic E-state index is 13.0. The lowest BCUT2D eigenvalue weighted by Crippen LogP contribution is -2.29. The average Bonchev–Trinajstić information content (AvgIpc) is 3.14. The molecular formula is C18H20N2O. The van der Waals surface area contributed by atoms with E-state index in [-0.39, 0.29) is 5.91 Å². The van der Waals surface area contributed by atoms with E-state index in [0.29, 0.717) is 6.04 Å². The fraction of sp³-hybridized carbons (Fsp3) is 0.389. The lowest BCUT2D eigenvalue weighted by Gasteiger charge is -2.17. The smallest absolute Gasteiger partial charge is 0.260 e. The van der Waals surface area contributed by atoms with Crippen LogP contribution in [0.3, 0.4) is 0 Å². The van der Waals surface area contributed by atoms with Gasteiger partial charge in [0, 0.05) is 29.7 Å². The molecule has 1 aliphatic carbocycles. The quantitative estimate of drug-likeness (QED) is 0.824. The van der Waals surface area contributed by atoms with Crippen LogP contribution in [0.5, 0.6) is 0 Å². The van der Waals surface area contributed by atoms with Crippen molar-refractivity contribution in [2.45, 2.75) is 39.2 Å². The second kappa shape index (κ2) is 4.48. The van der Waals surface area contributed by atoms with E-state index in [1.165, 1.54) is 24.1 Å². The van der Waals surface area contributed by atoms with E-state index < -0.39 is 0 Å². The second-order valence-electron chi connectivity index (χ2n) is 6.22. The van der Waals surface area contributed by atoms with Crippen LogP contribution >= 0.6 is 0 Å². The highest BCUT2D eigenvalue weighted by Gasteiger charge is 2.31. The number of benzene rings is 1. The number of aryl methyl sites for hydroxylation is 1. The number of rotatable bonds is 2. The van der Waals surface area contributed by atoms with Gasteiger partial charge >= 0.3 is 0 Å². The van der Waals surface area contributed by atoms with Crippen LogP contribution in [0, 0.1) is 13.8 Å². The van der Waals surface area contributed by atoms with E-state index in [4.69, 9.17) is 0 Å². The van der Waals surface area contributed by atoms with Gasteiger partial charge in [-0.2, -0.15) is 0 Å². The summed E-state index contributed by atoms with van der Waals surface area (Å²) >= 11 is 0. The zero-order valence-electron chi connectivity index (χ0n) is 12.6. The van der Waals surface area contributed by atoms with E-state index >= 15 is 0 Å². The van der Waals surface area contributed by atoms with Crippen LogP contribution in [-0.2, 0) is 6.42 Å². The largest absolute Gasteiger partial charge is 0.345 e. The third kappa shape index (κ3) is 1.91. The van der Waals surface area contributed by atoms with Crippen LogP contribution < -0.4 is 4.90 Å².